The lowest BCUT2D eigenvalue weighted by molar-refractivity contribution is 0.262. The van der Waals surface area contributed by atoms with E-state index in [0.29, 0.717) is 11.5 Å². The molecule has 7 heteroatoms. The van der Waals surface area contributed by atoms with Gasteiger partial charge in [0.15, 0.2) is 0 Å². The van der Waals surface area contributed by atoms with E-state index < -0.39 is 0 Å². The topological polar surface area (TPSA) is 81.1 Å². The molecule has 7 nitrogen and oxygen atoms in total. The molecule has 0 spiro atoms. The lowest BCUT2D eigenvalue weighted by Gasteiger charge is -2.11. The van der Waals surface area contributed by atoms with E-state index in [9.17, 15) is 4.79 Å². The van der Waals surface area contributed by atoms with Crippen molar-refractivity contribution in [3.63, 3.8) is 0 Å². The summed E-state index contributed by atoms with van der Waals surface area (Å²) in [6.45, 7) is 1.96. The first-order valence-corrected chi connectivity index (χ1v) is 9.42. The molecule has 0 aliphatic heterocycles. The van der Waals surface area contributed by atoms with Crippen molar-refractivity contribution in [2.75, 3.05) is 17.7 Å². The normalized spacial score (nSPS) is 10.5. The quantitative estimate of drug-likeness (QED) is 0.500. The molecule has 0 saturated carbocycles. The van der Waals surface area contributed by atoms with Crippen molar-refractivity contribution in [2.45, 2.75) is 6.92 Å². The summed E-state index contributed by atoms with van der Waals surface area (Å²) in [5.74, 6) is 1.28. The van der Waals surface area contributed by atoms with Gasteiger partial charge in [0.25, 0.3) is 0 Å². The van der Waals surface area contributed by atoms with Crippen LogP contribution >= 0.6 is 0 Å². The van der Waals surface area contributed by atoms with Crippen LogP contribution in [0.25, 0.3) is 16.8 Å². The summed E-state index contributed by atoms with van der Waals surface area (Å²) in [7, 11) is 1.60. The highest BCUT2D eigenvalue weighted by Gasteiger charge is 2.10. The Balaban J connectivity index is 1.52. The number of anilines is 2. The summed E-state index contributed by atoms with van der Waals surface area (Å²) in [5.41, 5.74) is 4.49. The number of nitrogens with zero attached hydrogens (tertiary/aromatic N) is 3. The Hall–Kier alpha value is -4.13. The first-order valence-electron chi connectivity index (χ1n) is 9.42. The van der Waals surface area contributed by atoms with E-state index in [-0.39, 0.29) is 6.03 Å². The minimum Gasteiger partial charge on any atom is -0.497 e. The molecule has 2 heterocycles. The zero-order chi connectivity index (χ0) is 20.9. The molecule has 0 saturated heterocycles. The maximum Gasteiger partial charge on any atom is 0.324 e. The number of hydrogen-bond donors (Lipinski definition) is 2. The van der Waals surface area contributed by atoms with Gasteiger partial charge in [-0.1, -0.05) is 18.2 Å². The van der Waals surface area contributed by atoms with Crippen LogP contribution in [0, 0.1) is 6.92 Å². The molecule has 30 heavy (non-hydrogen) atoms. The van der Waals surface area contributed by atoms with Crippen molar-refractivity contribution < 1.29 is 9.53 Å². The Morgan fingerprint density at radius 2 is 1.80 bits per heavy atom. The number of carbonyl (C=O) groups excluding carboxylic acids is 1. The monoisotopic (exact) mass is 399 g/mol. The molecule has 2 aromatic carbocycles. The zero-order valence-electron chi connectivity index (χ0n) is 16.7. The highest BCUT2D eigenvalue weighted by molar-refractivity contribution is 5.99. The number of pyridine rings is 1. The lowest BCUT2D eigenvalue weighted by Crippen LogP contribution is -2.21. The Bertz CT molecular complexity index is 1150. The molecule has 0 atom stereocenters. The van der Waals surface area contributed by atoms with Crippen LogP contribution in [0.15, 0.2) is 79.1 Å². The molecule has 2 aromatic heterocycles. The number of benzene rings is 2. The number of methoxy groups -OCH3 is 1. The Morgan fingerprint density at radius 3 is 2.53 bits per heavy atom. The van der Waals surface area contributed by atoms with E-state index in [2.05, 4.69) is 20.7 Å². The third kappa shape index (κ3) is 4.30. The summed E-state index contributed by atoms with van der Waals surface area (Å²) < 4.78 is 6.81. The first kappa shape index (κ1) is 19.2. The average Bonchev–Trinajstić information content (AvgIpc) is 3.23. The minimum absolute atomic E-state index is 0.360. The molecule has 0 aliphatic rings. The molecule has 0 radical (unpaired) electrons. The molecule has 2 amide bonds. The van der Waals surface area contributed by atoms with E-state index in [1.54, 1.807) is 48.3 Å². The molecule has 0 unspecified atom stereocenters. The summed E-state index contributed by atoms with van der Waals surface area (Å²) in [6.07, 6.45) is 3.49. The van der Waals surface area contributed by atoms with Crippen molar-refractivity contribution in [3.8, 4) is 22.6 Å². The molecule has 0 fully saturated rings. The number of urea groups is 1. The van der Waals surface area contributed by atoms with Crippen LogP contribution in [0.1, 0.15) is 5.69 Å². The number of amides is 2. The summed E-state index contributed by atoms with van der Waals surface area (Å²) in [5, 5.41) is 10.00. The second-order valence-corrected chi connectivity index (χ2v) is 6.67. The largest absolute Gasteiger partial charge is 0.497 e. The van der Waals surface area contributed by atoms with Crippen LogP contribution < -0.4 is 15.4 Å². The van der Waals surface area contributed by atoms with E-state index in [0.717, 1.165) is 28.3 Å². The van der Waals surface area contributed by atoms with Gasteiger partial charge in [-0.25, -0.2) is 9.48 Å². The van der Waals surface area contributed by atoms with Crippen molar-refractivity contribution >= 4 is 17.5 Å². The van der Waals surface area contributed by atoms with Gasteiger partial charge in [-0.2, -0.15) is 5.10 Å². The van der Waals surface area contributed by atoms with Gasteiger partial charge < -0.3 is 10.1 Å². The van der Waals surface area contributed by atoms with Crippen molar-refractivity contribution in [1.82, 2.24) is 14.8 Å². The van der Waals surface area contributed by atoms with Gasteiger partial charge >= 0.3 is 6.03 Å². The number of carbonyl (C=O) groups is 1. The van der Waals surface area contributed by atoms with Gasteiger partial charge in [0, 0.05) is 29.2 Å². The number of rotatable bonds is 5. The van der Waals surface area contributed by atoms with E-state index in [1.165, 1.54) is 0 Å². The van der Waals surface area contributed by atoms with Gasteiger partial charge in [0.2, 0.25) is 0 Å². The highest BCUT2D eigenvalue weighted by Crippen LogP contribution is 2.23. The zero-order valence-corrected chi connectivity index (χ0v) is 16.7. The molecule has 4 aromatic rings. The Morgan fingerprint density at radius 1 is 0.967 bits per heavy atom. The smallest absolute Gasteiger partial charge is 0.324 e. The van der Waals surface area contributed by atoms with E-state index >= 15 is 0 Å². The van der Waals surface area contributed by atoms with E-state index in [4.69, 9.17) is 4.74 Å². The Kier molecular flexibility index (Phi) is 5.43. The maximum absolute atomic E-state index is 12.4. The average molecular weight is 399 g/mol. The van der Waals surface area contributed by atoms with Crippen molar-refractivity contribution in [3.05, 3.63) is 84.8 Å². The lowest BCUT2D eigenvalue weighted by atomic mass is 10.1. The fraction of sp³-hybridized carbons (Fsp3) is 0.0870. The molecule has 0 bridgehead atoms. The number of aromatic nitrogens is 3. The predicted molar refractivity (Wildman–Crippen MR) is 117 cm³/mol. The standard InChI is InChI=1S/C23H21N5O2/c1-16-6-7-18(15-24-16)17-4-3-5-20(14-17)28-22(12-13-25-28)27-23(29)26-19-8-10-21(30-2)11-9-19/h3-15H,1-2H3,(H2,26,27,29). The maximum atomic E-state index is 12.4. The van der Waals surface area contributed by atoms with Gasteiger partial charge in [-0.05, 0) is 55.0 Å². The number of ether oxygens (including phenoxy) is 1. The third-order valence-corrected chi connectivity index (χ3v) is 4.57. The minimum atomic E-state index is -0.360. The van der Waals surface area contributed by atoms with Gasteiger partial charge in [-0.3, -0.25) is 10.3 Å². The van der Waals surface area contributed by atoms with Crippen molar-refractivity contribution in [2.24, 2.45) is 0 Å². The second kappa shape index (κ2) is 8.48. The summed E-state index contributed by atoms with van der Waals surface area (Å²) in [4.78, 5) is 16.8. The summed E-state index contributed by atoms with van der Waals surface area (Å²) >= 11 is 0. The number of aryl methyl sites for hydroxylation is 1. The highest BCUT2D eigenvalue weighted by atomic mass is 16.5. The number of hydrogen-bond acceptors (Lipinski definition) is 4. The predicted octanol–water partition coefficient (Wildman–Crippen LogP) is 4.90. The fourth-order valence-electron chi connectivity index (χ4n) is 3.01. The van der Waals surface area contributed by atoms with Crippen LogP contribution in [-0.4, -0.2) is 27.9 Å². The van der Waals surface area contributed by atoms with Crippen LogP contribution in [0.4, 0.5) is 16.3 Å². The van der Waals surface area contributed by atoms with Gasteiger partial charge in [-0.15, -0.1) is 0 Å². The van der Waals surface area contributed by atoms with Gasteiger partial charge in [0.05, 0.1) is 19.0 Å². The van der Waals surface area contributed by atoms with Crippen molar-refractivity contribution in [1.29, 1.82) is 0 Å². The Labute approximate surface area is 174 Å². The molecular weight excluding hydrogens is 378 g/mol. The molecule has 0 aliphatic carbocycles. The molecular formula is C23H21N5O2. The van der Waals surface area contributed by atoms with Crippen LogP contribution in [0.2, 0.25) is 0 Å². The third-order valence-electron chi connectivity index (χ3n) is 4.57. The second-order valence-electron chi connectivity index (χ2n) is 6.67. The first-order chi connectivity index (χ1) is 14.6. The molecule has 150 valence electrons. The summed E-state index contributed by atoms with van der Waals surface area (Å²) in [6, 6.07) is 20.4. The van der Waals surface area contributed by atoms with Crippen LogP contribution in [0.3, 0.4) is 0 Å². The molecule has 2 N–H and O–H groups in total. The van der Waals surface area contributed by atoms with Crippen LogP contribution in [-0.2, 0) is 0 Å². The SMILES string of the molecule is COc1ccc(NC(=O)Nc2ccnn2-c2cccc(-c3ccc(C)nc3)c2)cc1. The van der Waals surface area contributed by atoms with Crippen LogP contribution in [0.5, 0.6) is 5.75 Å². The molecule has 4 rings (SSSR count). The number of nitrogens with one attached hydrogen (secondary N) is 2. The fourth-order valence-corrected chi connectivity index (χ4v) is 3.01. The van der Waals surface area contributed by atoms with Gasteiger partial charge in [0.1, 0.15) is 11.6 Å². The van der Waals surface area contributed by atoms with E-state index in [1.807, 2.05) is 49.5 Å².